The number of allylic oxidation sites excluding steroid dienone is 1. The molecule has 0 fully saturated rings. The zero-order valence-electron chi connectivity index (χ0n) is 20.4. The molecule has 38 heavy (non-hydrogen) atoms. The van der Waals surface area contributed by atoms with Crippen molar-refractivity contribution in [2.24, 2.45) is 4.99 Å². The number of rotatable bonds is 5. The Balaban J connectivity index is 1.50. The molecule has 10 heteroatoms. The Hall–Kier alpha value is -3.89. The molecule has 0 bridgehead atoms. The van der Waals surface area contributed by atoms with Gasteiger partial charge < -0.3 is 18.6 Å². The van der Waals surface area contributed by atoms with Gasteiger partial charge in [-0.05, 0) is 61.9 Å². The van der Waals surface area contributed by atoms with Crippen molar-refractivity contribution in [3.8, 4) is 22.8 Å². The highest BCUT2D eigenvalue weighted by Gasteiger charge is 2.35. The quantitative estimate of drug-likeness (QED) is 0.316. The first-order chi connectivity index (χ1) is 18.4. The fourth-order valence-corrected chi connectivity index (χ4v) is 5.79. The van der Waals surface area contributed by atoms with Crippen molar-refractivity contribution < 1.29 is 23.4 Å². The van der Waals surface area contributed by atoms with E-state index in [0.717, 1.165) is 15.6 Å². The molecule has 1 atom stereocenters. The molecule has 4 aromatic rings. The maximum atomic E-state index is 13.8. The number of esters is 1. The summed E-state index contributed by atoms with van der Waals surface area (Å²) in [6, 6.07) is 16.0. The van der Waals surface area contributed by atoms with Crippen LogP contribution in [-0.2, 0) is 9.53 Å². The van der Waals surface area contributed by atoms with Gasteiger partial charge in [0.25, 0.3) is 5.56 Å². The minimum absolute atomic E-state index is 0.169. The van der Waals surface area contributed by atoms with Crippen molar-refractivity contribution >= 4 is 39.3 Å². The Labute approximate surface area is 229 Å². The Kier molecular flexibility index (Phi) is 6.29. The molecule has 192 valence electrons. The van der Waals surface area contributed by atoms with Gasteiger partial charge in [-0.3, -0.25) is 9.36 Å². The van der Waals surface area contributed by atoms with Gasteiger partial charge in [-0.2, -0.15) is 0 Å². The van der Waals surface area contributed by atoms with Gasteiger partial charge in [-0.25, -0.2) is 9.79 Å². The second kappa shape index (κ2) is 9.77. The first-order valence-electron chi connectivity index (χ1n) is 11.9. The molecule has 6 rings (SSSR count). The maximum Gasteiger partial charge on any atom is 0.338 e. The van der Waals surface area contributed by atoms with E-state index >= 15 is 0 Å². The average Bonchev–Trinajstić information content (AvgIpc) is 3.63. The van der Waals surface area contributed by atoms with E-state index in [1.165, 1.54) is 15.9 Å². The van der Waals surface area contributed by atoms with E-state index in [2.05, 4.69) is 20.9 Å². The molecular weight excluding hydrogens is 572 g/mol. The standard InChI is InChI=1S/C28H21BrN2O6S/c1-3-34-27(33)24-15(2)30-28-31(25(24)21-11-10-19(37-21)17-5-7-18(29)8-6-17)26(32)23(38-28)13-16-4-9-20-22(12-16)36-14-35-20/h4-13,25H,3,14H2,1-2H3/b23-13-/t25-/m0/s1. The lowest BCUT2D eigenvalue weighted by molar-refractivity contribution is -0.139. The number of hydrogen-bond acceptors (Lipinski definition) is 8. The summed E-state index contributed by atoms with van der Waals surface area (Å²) in [5, 5.41) is 0. The van der Waals surface area contributed by atoms with E-state index in [1.54, 1.807) is 26.0 Å². The van der Waals surface area contributed by atoms with Gasteiger partial charge >= 0.3 is 5.97 Å². The predicted molar refractivity (Wildman–Crippen MR) is 145 cm³/mol. The number of aromatic nitrogens is 1. The van der Waals surface area contributed by atoms with Crippen LogP contribution in [-0.4, -0.2) is 23.9 Å². The summed E-state index contributed by atoms with van der Waals surface area (Å²) in [7, 11) is 0. The SMILES string of the molecule is CCOC(=O)C1=C(C)N=c2s/c(=C\c3ccc4c(c3)OCO4)c(=O)n2[C@H]1c1ccc(-c2ccc(Br)cc2)o1. The molecular formula is C28H21BrN2O6S. The van der Waals surface area contributed by atoms with E-state index in [-0.39, 0.29) is 24.5 Å². The molecule has 2 aromatic carbocycles. The topological polar surface area (TPSA) is 92.3 Å². The molecule has 2 aliphatic rings. The van der Waals surface area contributed by atoms with Crippen LogP contribution in [0.25, 0.3) is 17.4 Å². The van der Waals surface area contributed by atoms with Crippen LogP contribution >= 0.6 is 27.3 Å². The summed E-state index contributed by atoms with van der Waals surface area (Å²) in [5.74, 6) is 1.81. The molecule has 0 amide bonds. The number of furan rings is 1. The molecule has 0 unspecified atom stereocenters. The molecule has 0 aliphatic carbocycles. The van der Waals surface area contributed by atoms with Crippen LogP contribution < -0.4 is 24.4 Å². The Bertz CT molecular complexity index is 1780. The molecule has 0 saturated carbocycles. The van der Waals surface area contributed by atoms with E-state index in [9.17, 15) is 9.59 Å². The van der Waals surface area contributed by atoms with Crippen LogP contribution in [0.3, 0.4) is 0 Å². The maximum absolute atomic E-state index is 13.8. The third-order valence-corrected chi connectivity index (χ3v) is 7.75. The van der Waals surface area contributed by atoms with Crippen LogP contribution in [0.15, 0.2) is 84.5 Å². The van der Waals surface area contributed by atoms with Crippen LogP contribution in [0, 0.1) is 0 Å². The summed E-state index contributed by atoms with van der Waals surface area (Å²) in [5.41, 5.74) is 2.12. The Morgan fingerprint density at radius 2 is 1.95 bits per heavy atom. The van der Waals surface area contributed by atoms with Gasteiger partial charge in [0.15, 0.2) is 16.3 Å². The largest absolute Gasteiger partial charge is 0.463 e. The fraction of sp³-hybridized carbons (Fsp3) is 0.179. The van der Waals surface area contributed by atoms with Gasteiger partial charge in [0, 0.05) is 10.0 Å². The number of carbonyl (C=O) groups excluding carboxylic acids is 1. The second-order valence-electron chi connectivity index (χ2n) is 8.62. The van der Waals surface area contributed by atoms with Crippen LogP contribution in [0.4, 0.5) is 0 Å². The lowest BCUT2D eigenvalue weighted by Gasteiger charge is -2.22. The first kappa shape index (κ1) is 24.4. The molecule has 0 N–H and O–H groups in total. The van der Waals surface area contributed by atoms with E-state index < -0.39 is 12.0 Å². The number of nitrogens with zero attached hydrogens (tertiary/aromatic N) is 2. The van der Waals surface area contributed by atoms with Crippen molar-refractivity contribution in [2.75, 3.05) is 13.4 Å². The van der Waals surface area contributed by atoms with Gasteiger partial charge in [0.2, 0.25) is 6.79 Å². The fourth-order valence-electron chi connectivity index (χ4n) is 4.48. The number of benzene rings is 2. The van der Waals surface area contributed by atoms with Crippen molar-refractivity contribution in [3.05, 3.63) is 101 Å². The van der Waals surface area contributed by atoms with Crippen LogP contribution in [0.5, 0.6) is 11.5 Å². The van der Waals surface area contributed by atoms with Gasteiger partial charge in [0.1, 0.15) is 17.6 Å². The molecule has 0 spiro atoms. The summed E-state index contributed by atoms with van der Waals surface area (Å²) in [6.45, 7) is 3.84. The lowest BCUT2D eigenvalue weighted by atomic mass is 10.0. The number of carbonyl (C=O) groups is 1. The van der Waals surface area contributed by atoms with Crippen molar-refractivity contribution in [2.45, 2.75) is 19.9 Å². The highest BCUT2D eigenvalue weighted by molar-refractivity contribution is 9.10. The summed E-state index contributed by atoms with van der Waals surface area (Å²) in [4.78, 5) is 32.0. The Morgan fingerprint density at radius 1 is 1.16 bits per heavy atom. The number of halogens is 1. The molecule has 0 saturated heterocycles. The number of thiazole rings is 1. The summed E-state index contributed by atoms with van der Waals surface area (Å²) in [6.07, 6.45) is 1.78. The van der Waals surface area contributed by atoms with Gasteiger partial charge in [0.05, 0.1) is 22.4 Å². The van der Waals surface area contributed by atoms with E-state index in [1.807, 2.05) is 48.5 Å². The van der Waals surface area contributed by atoms with Crippen molar-refractivity contribution in [3.63, 3.8) is 0 Å². The smallest absolute Gasteiger partial charge is 0.338 e. The monoisotopic (exact) mass is 592 g/mol. The second-order valence-corrected chi connectivity index (χ2v) is 10.5. The molecule has 2 aromatic heterocycles. The van der Waals surface area contributed by atoms with Crippen molar-refractivity contribution in [1.82, 2.24) is 4.57 Å². The normalized spacial score (nSPS) is 16.4. The molecule has 4 heterocycles. The molecule has 0 radical (unpaired) electrons. The van der Waals surface area contributed by atoms with Crippen molar-refractivity contribution in [1.29, 1.82) is 0 Å². The molecule has 8 nitrogen and oxygen atoms in total. The number of hydrogen-bond donors (Lipinski definition) is 0. The summed E-state index contributed by atoms with van der Waals surface area (Å²) < 4.78 is 25.4. The summed E-state index contributed by atoms with van der Waals surface area (Å²) >= 11 is 4.69. The third kappa shape index (κ3) is 4.29. The van der Waals surface area contributed by atoms with Crippen LogP contribution in [0.1, 0.15) is 31.2 Å². The highest BCUT2D eigenvalue weighted by atomic mass is 79.9. The molecule has 2 aliphatic heterocycles. The van der Waals surface area contributed by atoms with Gasteiger partial charge in [-0.1, -0.05) is 45.5 Å². The minimum atomic E-state index is -0.826. The Morgan fingerprint density at radius 3 is 2.74 bits per heavy atom. The zero-order valence-corrected chi connectivity index (χ0v) is 22.8. The average molecular weight is 593 g/mol. The minimum Gasteiger partial charge on any atom is -0.463 e. The number of ether oxygens (including phenoxy) is 3. The third-order valence-electron chi connectivity index (χ3n) is 6.24. The zero-order chi connectivity index (χ0) is 26.4. The van der Waals surface area contributed by atoms with Crippen LogP contribution in [0.2, 0.25) is 0 Å². The lowest BCUT2D eigenvalue weighted by Crippen LogP contribution is -2.39. The predicted octanol–water partition coefficient (Wildman–Crippen LogP) is 4.55. The highest BCUT2D eigenvalue weighted by Crippen LogP contribution is 2.35. The van der Waals surface area contributed by atoms with E-state index in [0.29, 0.717) is 38.1 Å². The first-order valence-corrected chi connectivity index (χ1v) is 13.5. The van der Waals surface area contributed by atoms with Gasteiger partial charge in [-0.15, -0.1) is 0 Å². The number of fused-ring (bicyclic) bond motifs is 2. The van der Waals surface area contributed by atoms with E-state index in [4.69, 9.17) is 18.6 Å².